The molecule has 0 radical (unpaired) electrons. The van der Waals surface area contributed by atoms with Crippen molar-refractivity contribution in [3.63, 3.8) is 0 Å². The van der Waals surface area contributed by atoms with Crippen LogP contribution < -0.4 is 0 Å². The van der Waals surface area contributed by atoms with Crippen molar-refractivity contribution in [2.45, 2.75) is 19.4 Å². The third-order valence-electron chi connectivity index (χ3n) is 5.33. The van der Waals surface area contributed by atoms with Gasteiger partial charge in [-0.25, -0.2) is 0 Å². The van der Waals surface area contributed by atoms with Crippen LogP contribution in [0.3, 0.4) is 0 Å². The number of nitrogens with zero attached hydrogens (tertiary/aromatic N) is 4. The number of carbonyl (C=O) groups is 2. The number of likely N-dealkylation sites (N-methyl/N-ethyl adjacent to an activating group) is 1. The lowest BCUT2D eigenvalue weighted by Gasteiger charge is -2.35. The molecule has 26 heavy (non-hydrogen) atoms. The zero-order chi connectivity index (χ0) is 18.4. The highest BCUT2D eigenvalue weighted by molar-refractivity contribution is 5.79. The summed E-state index contributed by atoms with van der Waals surface area (Å²) in [5.74, 6) is 0.407. The van der Waals surface area contributed by atoms with Crippen LogP contribution in [0.25, 0.3) is 0 Å². The Morgan fingerprint density at radius 2 is 1.46 bits per heavy atom. The van der Waals surface area contributed by atoms with Gasteiger partial charge in [0, 0.05) is 52.9 Å². The number of carbonyl (C=O) groups excluding carboxylic acids is 2. The maximum atomic E-state index is 12.5. The van der Waals surface area contributed by atoms with Crippen molar-refractivity contribution in [1.82, 2.24) is 19.6 Å². The van der Waals surface area contributed by atoms with Crippen molar-refractivity contribution in [3.8, 4) is 0 Å². The van der Waals surface area contributed by atoms with Crippen molar-refractivity contribution in [2.75, 3.05) is 59.4 Å². The van der Waals surface area contributed by atoms with Gasteiger partial charge in [0.1, 0.15) is 0 Å². The molecule has 2 heterocycles. The monoisotopic (exact) mass is 358 g/mol. The summed E-state index contributed by atoms with van der Waals surface area (Å²) in [5, 5.41) is 0. The van der Waals surface area contributed by atoms with Crippen LogP contribution in [0.1, 0.15) is 18.4 Å². The lowest BCUT2D eigenvalue weighted by Crippen LogP contribution is -2.51. The van der Waals surface area contributed by atoms with Gasteiger partial charge in [0.2, 0.25) is 11.8 Å². The normalized spacial score (nSPS) is 18.9. The van der Waals surface area contributed by atoms with Crippen LogP contribution in [0.4, 0.5) is 0 Å². The second-order valence-electron chi connectivity index (χ2n) is 7.38. The van der Waals surface area contributed by atoms with Gasteiger partial charge in [-0.05, 0) is 18.4 Å². The minimum absolute atomic E-state index is 0.149. The summed E-state index contributed by atoms with van der Waals surface area (Å²) < 4.78 is 0. The summed E-state index contributed by atoms with van der Waals surface area (Å²) in [6, 6.07) is 10.1. The lowest BCUT2D eigenvalue weighted by atomic mass is 10.2. The van der Waals surface area contributed by atoms with Gasteiger partial charge in [-0.1, -0.05) is 30.3 Å². The fourth-order valence-electron chi connectivity index (χ4n) is 3.62. The number of rotatable bonds is 6. The number of amides is 2. The molecule has 1 aromatic carbocycles. The standard InChI is InChI=1S/C20H30N4O2/c1-21(15-18-7-3-2-4-8-18)19(25)16-22-11-13-23(14-12-22)17-20(26)24-9-5-6-10-24/h2-4,7-8H,5-6,9-17H2,1H3. The molecular weight excluding hydrogens is 328 g/mol. The quantitative estimate of drug-likeness (QED) is 0.758. The highest BCUT2D eigenvalue weighted by Crippen LogP contribution is 2.10. The summed E-state index contributed by atoms with van der Waals surface area (Å²) in [7, 11) is 1.86. The minimum atomic E-state index is 0.149. The Morgan fingerprint density at radius 3 is 2.08 bits per heavy atom. The molecule has 2 amide bonds. The van der Waals surface area contributed by atoms with Gasteiger partial charge < -0.3 is 9.80 Å². The average Bonchev–Trinajstić information content (AvgIpc) is 3.19. The van der Waals surface area contributed by atoms with E-state index in [-0.39, 0.29) is 11.8 Å². The van der Waals surface area contributed by atoms with Crippen LogP contribution in [0, 0.1) is 0 Å². The van der Waals surface area contributed by atoms with Gasteiger partial charge in [-0.15, -0.1) is 0 Å². The highest BCUT2D eigenvalue weighted by atomic mass is 16.2. The van der Waals surface area contributed by atoms with Gasteiger partial charge in [-0.2, -0.15) is 0 Å². The summed E-state index contributed by atoms with van der Waals surface area (Å²) in [6.45, 7) is 6.86. The number of benzene rings is 1. The Bertz CT molecular complexity index is 593. The second kappa shape index (κ2) is 9.14. The fourth-order valence-corrected chi connectivity index (χ4v) is 3.62. The summed E-state index contributed by atoms with van der Waals surface area (Å²) >= 11 is 0. The molecule has 2 aliphatic rings. The zero-order valence-corrected chi connectivity index (χ0v) is 15.8. The third-order valence-corrected chi connectivity index (χ3v) is 5.33. The first kappa shape index (κ1) is 18.9. The molecule has 0 aromatic heterocycles. The SMILES string of the molecule is CN(Cc1ccccc1)C(=O)CN1CCN(CC(=O)N2CCCC2)CC1. The Labute approximate surface area is 156 Å². The Morgan fingerprint density at radius 1 is 0.885 bits per heavy atom. The first-order chi connectivity index (χ1) is 12.6. The van der Waals surface area contributed by atoms with E-state index in [1.54, 1.807) is 4.90 Å². The number of piperazine rings is 1. The lowest BCUT2D eigenvalue weighted by molar-refractivity contribution is -0.134. The number of hydrogen-bond donors (Lipinski definition) is 0. The molecule has 2 saturated heterocycles. The first-order valence-corrected chi connectivity index (χ1v) is 9.62. The molecule has 3 rings (SSSR count). The highest BCUT2D eigenvalue weighted by Gasteiger charge is 2.24. The molecule has 2 fully saturated rings. The molecule has 0 N–H and O–H groups in total. The van der Waals surface area contributed by atoms with E-state index >= 15 is 0 Å². The van der Waals surface area contributed by atoms with Crippen LogP contribution in [0.2, 0.25) is 0 Å². The van der Waals surface area contributed by atoms with Gasteiger partial charge in [0.15, 0.2) is 0 Å². The van der Waals surface area contributed by atoms with Crippen molar-refractivity contribution in [2.24, 2.45) is 0 Å². The molecule has 6 nitrogen and oxygen atoms in total. The Balaban J connectivity index is 1.37. The smallest absolute Gasteiger partial charge is 0.236 e. The van der Waals surface area contributed by atoms with E-state index in [1.165, 1.54) is 0 Å². The summed E-state index contributed by atoms with van der Waals surface area (Å²) in [6.07, 6.45) is 2.27. The summed E-state index contributed by atoms with van der Waals surface area (Å²) in [5.41, 5.74) is 1.15. The van der Waals surface area contributed by atoms with Crippen molar-refractivity contribution >= 4 is 11.8 Å². The van der Waals surface area contributed by atoms with Gasteiger partial charge in [0.25, 0.3) is 0 Å². The first-order valence-electron chi connectivity index (χ1n) is 9.62. The molecule has 0 aliphatic carbocycles. The van der Waals surface area contributed by atoms with Crippen LogP contribution >= 0.6 is 0 Å². The zero-order valence-electron chi connectivity index (χ0n) is 15.8. The molecule has 6 heteroatoms. The van der Waals surface area contributed by atoms with E-state index in [0.29, 0.717) is 19.6 Å². The van der Waals surface area contributed by atoms with Crippen molar-refractivity contribution < 1.29 is 9.59 Å². The van der Waals surface area contributed by atoms with Crippen LogP contribution in [-0.4, -0.2) is 90.8 Å². The Kier molecular flexibility index (Phi) is 6.63. The predicted octanol–water partition coefficient (Wildman–Crippen LogP) is 0.885. The van der Waals surface area contributed by atoms with Gasteiger partial charge in [0.05, 0.1) is 13.1 Å². The fraction of sp³-hybridized carbons (Fsp3) is 0.600. The van der Waals surface area contributed by atoms with Crippen LogP contribution in [0.15, 0.2) is 30.3 Å². The number of likely N-dealkylation sites (tertiary alicyclic amines) is 1. The Hall–Kier alpha value is -1.92. The predicted molar refractivity (Wildman–Crippen MR) is 102 cm³/mol. The van der Waals surface area contributed by atoms with Gasteiger partial charge >= 0.3 is 0 Å². The van der Waals surface area contributed by atoms with E-state index in [2.05, 4.69) is 9.80 Å². The van der Waals surface area contributed by atoms with Crippen molar-refractivity contribution in [1.29, 1.82) is 0 Å². The molecule has 142 valence electrons. The molecule has 1 aromatic rings. The van der Waals surface area contributed by atoms with E-state index in [4.69, 9.17) is 0 Å². The molecule has 0 saturated carbocycles. The van der Waals surface area contributed by atoms with Crippen LogP contribution in [0.5, 0.6) is 0 Å². The molecule has 0 atom stereocenters. The molecular formula is C20H30N4O2. The maximum absolute atomic E-state index is 12.5. The largest absolute Gasteiger partial charge is 0.342 e. The molecule has 0 unspecified atom stereocenters. The second-order valence-corrected chi connectivity index (χ2v) is 7.38. The molecule has 0 bridgehead atoms. The number of hydrogen-bond acceptors (Lipinski definition) is 4. The topological polar surface area (TPSA) is 47.1 Å². The van der Waals surface area contributed by atoms with Gasteiger partial charge in [-0.3, -0.25) is 19.4 Å². The van der Waals surface area contributed by atoms with E-state index in [9.17, 15) is 9.59 Å². The maximum Gasteiger partial charge on any atom is 0.236 e. The third kappa shape index (κ3) is 5.29. The van der Waals surface area contributed by atoms with E-state index in [0.717, 1.165) is 57.7 Å². The average molecular weight is 358 g/mol. The molecule has 0 spiro atoms. The molecule has 2 aliphatic heterocycles. The minimum Gasteiger partial charge on any atom is -0.342 e. The van der Waals surface area contributed by atoms with Crippen LogP contribution in [-0.2, 0) is 16.1 Å². The van der Waals surface area contributed by atoms with Crippen molar-refractivity contribution in [3.05, 3.63) is 35.9 Å². The summed E-state index contributed by atoms with van der Waals surface area (Å²) in [4.78, 5) is 32.9. The van der Waals surface area contributed by atoms with E-state index < -0.39 is 0 Å². The van der Waals surface area contributed by atoms with E-state index in [1.807, 2.05) is 42.3 Å².